The van der Waals surface area contributed by atoms with E-state index in [9.17, 15) is 14.4 Å². The number of nitrogens with zero attached hydrogens (tertiary/aromatic N) is 4. The van der Waals surface area contributed by atoms with E-state index < -0.39 is 5.69 Å². The van der Waals surface area contributed by atoms with E-state index in [1.54, 1.807) is 17.5 Å². The van der Waals surface area contributed by atoms with Gasteiger partial charge in [0.05, 0.1) is 18.2 Å². The van der Waals surface area contributed by atoms with Gasteiger partial charge in [0.2, 0.25) is 11.7 Å². The molecule has 1 atom stereocenters. The number of fused-ring (bicyclic) bond motifs is 3. The molecule has 0 radical (unpaired) electrons. The Balaban J connectivity index is 1.56. The Kier molecular flexibility index (Phi) is 4.95. The van der Waals surface area contributed by atoms with Crippen molar-refractivity contribution in [2.24, 2.45) is 0 Å². The van der Waals surface area contributed by atoms with Gasteiger partial charge in [-0.05, 0) is 42.8 Å². The lowest BCUT2D eigenvalue weighted by atomic mass is 10.2. The molecule has 4 heterocycles. The van der Waals surface area contributed by atoms with Gasteiger partial charge in [0.15, 0.2) is 0 Å². The first kappa shape index (κ1) is 19.7. The number of para-hydroxylation sites is 1. The molecule has 10 heteroatoms. The van der Waals surface area contributed by atoms with Crippen LogP contribution in [0.4, 0.5) is 5.69 Å². The van der Waals surface area contributed by atoms with Crippen LogP contribution in [-0.2, 0) is 22.6 Å². The number of carbonyl (C=O) groups is 1. The summed E-state index contributed by atoms with van der Waals surface area (Å²) in [6, 6.07) is 9.14. The fourth-order valence-electron chi connectivity index (χ4n) is 3.93. The molecule has 0 saturated carbocycles. The zero-order valence-corrected chi connectivity index (χ0v) is 17.7. The van der Waals surface area contributed by atoms with E-state index in [4.69, 9.17) is 4.74 Å². The molecule has 1 aliphatic rings. The van der Waals surface area contributed by atoms with Crippen LogP contribution in [0.5, 0.6) is 0 Å². The molecule has 3 aromatic heterocycles. The average molecular weight is 439 g/mol. The zero-order chi connectivity index (χ0) is 21.5. The Hall–Kier alpha value is -3.24. The van der Waals surface area contributed by atoms with Gasteiger partial charge >= 0.3 is 5.69 Å². The summed E-state index contributed by atoms with van der Waals surface area (Å²) in [5.41, 5.74) is 1.45. The average Bonchev–Trinajstić information content (AvgIpc) is 3.48. The highest BCUT2D eigenvalue weighted by Crippen LogP contribution is 2.19. The summed E-state index contributed by atoms with van der Waals surface area (Å²) >= 11 is 1.29. The molecule has 160 valence electrons. The molecule has 1 aromatic carbocycles. The van der Waals surface area contributed by atoms with Crippen molar-refractivity contribution in [2.45, 2.75) is 39.0 Å². The van der Waals surface area contributed by atoms with Crippen LogP contribution >= 0.6 is 11.3 Å². The normalized spacial score (nSPS) is 16.4. The third-order valence-electron chi connectivity index (χ3n) is 5.51. The molecule has 5 rings (SSSR count). The van der Waals surface area contributed by atoms with Crippen LogP contribution in [0.2, 0.25) is 0 Å². The maximum absolute atomic E-state index is 13.1. The molecule has 1 saturated heterocycles. The number of thiophene rings is 1. The predicted molar refractivity (Wildman–Crippen MR) is 118 cm³/mol. The number of hydrogen-bond acceptors (Lipinski definition) is 6. The highest BCUT2D eigenvalue weighted by atomic mass is 32.1. The lowest BCUT2D eigenvalue weighted by Gasteiger charge is -2.12. The summed E-state index contributed by atoms with van der Waals surface area (Å²) in [4.78, 5) is 38.8. The predicted octanol–water partition coefficient (Wildman–Crippen LogP) is 2.00. The molecule has 1 fully saturated rings. The van der Waals surface area contributed by atoms with E-state index in [1.165, 1.54) is 20.3 Å². The number of rotatable bonds is 5. The van der Waals surface area contributed by atoms with E-state index in [-0.39, 0.29) is 29.9 Å². The highest BCUT2D eigenvalue weighted by Gasteiger charge is 2.23. The largest absolute Gasteiger partial charge is 0.376 e. The highest BCUT2D eigenvalue weighted by molar-refractivity contribution is 7.17. The number of carbonyl (C=O) groups excluding carboxylic acids is 1. The number of benzene rings is 1. The summed E-state index contributed by atoms with van der Waals surface area (Å²) in [6.45, 7) is 2.62. The van der Waals surface area contributed by atoms with Gasteiger partial charge in [0.1, 0.15) is 11.2 Å². The number of nitrogens with one attached hydrogen (secondary N) is 1. The van der Waals surface area contributed by atoms with E-state index in [0.717, 1.165) is 23.1 Å². The maximum atomic E-state index is 13.1. The number of anilines is 1. The number of ether oxygens (including phenoxy) is 1. The molecular formula is C21H21N5O4S. The van der Waals surface area contributed by atoms with Crippen LogP contribution in [-0.4, -0.2) is 37.4 Å². The quantitative estimate of drug-likeness (QED) is 0.513. The topological polar surface area (TPSA) is 99.6 Å². The number of aromatic nitrogens is 4. The second kappa shape index (κ2) is 7.78. The number of aryl methyl sites for hydroxylation is 1. The van der Waals surface area contributed by atoms with Crippen LogP contribution in [0, 0.1) is 6.92 Å². The van der Waals surface area contributed by atoms with Gasteiger partial charge in [0.25, 0.3) is 5.56 Å². The van der Waals surface area contributed by atoms with Gasteiger partial charge in [-0.15, -0.1) is 16.4 Å². The molecule has 0 spiro atoms. The van der Waals surface area contributed by atoms with Crippen molar-refractivity contribution < 1.29 is 9.53 Å². The molecular weight excluding hydrogens is 418 g/mol. The second-order valence-electron chi connectivity index (χ2n) is 7.62. The molecule has 0 unspecified atom stereocenters. The Labute approximate surface area is 180 Å². The van der Waals surface area contributed by atoms with Gasteiger partial charge in [-0.1, -0.05) is 18.2 Å². The SMILES string of the molecule is Cc1ccccc1NC(=O)Cn1nc2n(C[C@H]3CCCO3)c(=O)c3sccc3n2c1=O. The van der Waals surface area contributed by atoms with Gasteiger partial charge in [-0.3, -0.25) is 14.2 Å². The minimum atomic E-state index is -0.459. The second-order valence-corrected chi connectivity index (χ2v) is 8.54. The summed E-state index contributed by atoms with van der Waals surface area (Å²) in [6.07, 6.45) is 1.70. The first-order valence-corrected chi connectivity index (χ1v) is 11.0. The Morgan fingerprint density at radius 3 is 2.90 bits per heavy atom. The van der Waals surface area contributed by atoms with Crippen molar-refractivity contribution in [3.05, 3.63) is 62.1 Å². The van der Waals surface area contributed by atoms with Gasteiger partial charge in [-0.25, -0.2) is 13.9 Å². The molecule has 4 aromatic rings. The van der Waals surface area contributed by atoms with Gasteiger partial charge in [-0.2, -0.15) is 0 Å². The van der Waals surface area contributed by atoms with Gasteiger partial charge < -0.3 is 10.1 Å². The molecule has 1 amide bonds. The minimum absolute atomic E-state index is 0.0940. The van der Waals surface area contributed by atoms with Crippen molar-refractivity contribution >= 4 is 38.9 Å². The van der Waals surface area contributed by atoms with Crippen LogP contribution in [0.3, 0.4) is 0 Å². The Bertz CT molecular complexity index is 1410. The maximum Gasteiger partial charge on any atom is 0.352 e. The summed E-state index contributed by atoms with van der Waals surface area (Å²) < 4.78 is 10.2. The van der Waals surface area contributed by atoms with Crippen molar-refractivity contribution in [3.8, 4) is 0 Å². The van der Waals surface area contributed by atoms with Crippen LogP contribution in [0.1, 0.15) is 18.4 Å². The molecule has 0 aliphatic carbocycles. The summed E-state index contributed by atoms with van der Waals surface area (Å²) in [7, 11) is 0. The zero-order valence-electron chi connectivity index (χ0n) is 16.9. The van der Waals surface area contributed by atoms with Crippen LogP contribution in [0.15, 0.2) is 45.3 Å². The minimum Gasteiger partial charge on any atom is -0.376 e. The number of amides is 1. The standard InChI is InChI=1S/C21H21N5O4S/c1-13-5-2-3-7-15(13)22-17(27)12-25-21(29)26-16-8-10-31-18(16)19(28)24(20(26)23-25)11-14-6-4-9-30-14/h2-3,5,7-8,10,14H,4,6,9,11-12H2,1H3,(H,22,27)/t14-/m1/s1. The van der Waals surface area contributed by atoms with E-state index in [0.29, 0.717) is 29.1 Å². The molecule has 9 nitrogen and oxygen atoms in total. The van der Waals surface area contributed by atoms with Crippen molar-refractivity contribution in [3.63, 3.8) is 0 Å². The molecule has 1 N–H and O–H groups in total. The Morgan fingerprint density at radius 2 is 2.13 bits per heavy atom. The number of hydrogen-bond donors (Lipinski definition) is 1. The molecule has 0 bridgehead atoms. The van der Waals surface area contributed by atoms with Crippen molar-refractivity contribution in [1.82, 2.24) is 18.7 Å². The summed E-state index contributed by atoms with van der Waals surface area (Å²) in [5.74, 6) is -0.144. The molecule has 1 aliphatic heterocycles. The lowest BCUT2D eigenvalue weighted by Crippen LogP contribution is -2.30. The van der Waals surface area contributed by atoms with E-state index >= 15 is 0 Å². The van der Waals surface area contributed by atoms with E-state index in [2.05, 4.69) is 10.4 Å². The van der Waals surface area contributed by atoms with Crippen LogP contribution in [0.25, 0.3) is 16.0 Å². The van der Waals surface area contributed by atoms with Crippen molar-refractivity contribution in [1.29, 1.82) is 0 Å². The van der Waals surface area contributed by atoms with E-state index in [1.807, 2.05) is 25.1 Å². The third-order valence-corrected chi connectivity index (χ3v) is 6.40. The third kappa shape index (κ3) is 3.47. The van der Waals surface area contributed by atoms with Crippen LogP contribution < -0.4 is 16.6 Å². The van der Waals surface area contributed by atoms with Crippen molar-refractivity contribution in [2.75, 3.05) is 11.9 Å². The lowest BCUT2D eigenvalue weighted by molar-refractivity contribution is -0.117. The Morgan fingerprint density at radius 1 is 1.29 bits per heavy atom. The molecule has 31 heavy (non-hydrogen) atoms. The monoisotopic (exact) mass is 439 g/mol. The first-order chi connectivity index (χ1) is 15.0. The fourth-order valence-corrected chi connectivity index (χ4v) is 4.76. The first-order valence-electron chi connectivity index (χ1n) is 10.1. The smallest absolute Gasteiger partial charge is 0.352 e. The summed E-state index contributed by atoms with van der Waals surface area (Å²) in [5, 5.41) is 8.95. The fraction of sp³-hybridized carbons (Fsp3) is 0.333. The van der Waals surface area contributed by atoms with Gasteiger partial charge in [0, 0.05) is 12.3 Å².